The van der Waals surface area contributed by atoms with Gasteiger partial charge in [0.15, 0.2) is 0 Å². The van der Waals surface area contributed by atoms with Gasteiger partial charge in [-0.05, 0) is 47.1 Å². The molecule has 0 atom stereocenters. The molecule has 0 aliphatic carbocycles. The maximum absolute atomic E-state index is 13.1. The Bertz CT molecular complexity index is 530. The number of nitrogens with one attached hydrogen (secondary N) is 1. The van der Waals surface area contributed by atoms with E-state index in [0.717, 1.165) is 13.0 Å². The van der Waals surface area contributed by atoms with Crippen molar-refractivity contribution in [3.63, 3.8) is 0 Å². The summed E-state index contributed by atoms with van der Waals surface area (Å²) in [7, 11) is 0. The third-order valence-corrected chi connectivity index (χ3v) is 2.94. The van der Waals surface area contributed by atoms with E-state index in [2.05, 4.69) is 38.4 Å². The molecule has 1 aromatic carbocycles. The second-order valence-electron chi connectivity index (χ2n) is 3.81. The maximum atomic E-state index is 13.1. The number of benzene rings is 1. The summed E-state index contributed by atoms with van der Waals surface area (Å²) in [6.45, 7) is 3.53. The van der Waals surface area contributed by atoms with Gasteiger partial charge in [-0.25, -0.2) is 4.39 Å². The molecule has 4 nitrogen and oxygen atoms in total. The molecule has 6 heteroatoms. The monoisotopic (exact) mass is 313 g/mol. The van der Waals surface area contributed by atoms with Gasteiger partial charge >= 0.3 is 0 Å². The van der Waals surface area contributed by atoms with Crippen molar-refractivity contribution in [2.75, 3.05) is 6.54 Å². The van der Waals surface area contributed by atoms with E-state index >= 15 is 0 Å². The Morgan fingerprint density at radius 3 is 2.94 bits per heavy atom. The highest BCUT2D eigenvalue weighted by Gasteiger charge is 2.10. The van der Waals surface area contributed by atoms with Crippen LogP contribution in [0.4, 0.5) is 4.39 Å². The van der Waals surface area contributed by atoms with E-state index in [4.69, 9.17) is 4.42 Å². The smallest absolute Gasteiger partial charge is 0.247 e. The molecule has 0 saturated carbocycles. The molecule has 0 fully saturated rings. The van der Waals surface area contributed by atoms with Gasteiger partial charge in [-0.1, -0.05) is 6.92 Å². The molecule has 0 bridgehead atoms. The van der Waals surface area contributed by atoms with Crippen LogP contribution in [0, 0.1) is 5.82 Å². The van der Waals surface area contributed by atoms with Crippen LogP contribution in [0.15, 0.2) is 27.1 Å². The topological polar surface area (TPSA) is 51.0 Å². The number of hydrogen-bond donors (Lipinski definition) is 1. The molecule has 1 aromatic heterocycles. The Balaban J connectivity index is 2.11. The van der Waals surface area contributed by atoms with E-state index < -0.39 is 0 Å². The summed E-state index contributed by atoms with van der Waals surface area (Å²) in [6, 6.07) is 4.58. The van der Waals surface area contributed by atoms with Crippen LogP contribution in [0.2, 0.25) is 0 Å². The van der Waals surface area contributed by atoms with Crippen molar-refractivity contribution in [1.82, 2.24) is 15.5 Å². The summed E-state index contributed by atoms with van der Waals surface area (Å²) in [5.74, 6) is 0.603. The van der Waals surface area contributed by atoms with Gasteiger partial charge < -0.3 is 9.73 Å². The van der Waals surface area contributed by atoms with E-state index in [-0.39, 0.29) is 5.82 Å². The first kappa shape index (κ1) is 13.2. The van der Waals surface area contributed by atoms with Crippen LogP contribution in [0.5, 0.6) is 0 Å². The summed E-state index contributed by atoms with van der Waals surface area (Å²) in [5.41, 5.74) is 0.692. The average Bonchev–Trinajstić information content (AvgIpc) is 2.82. The number of rotatable bonds is 5. The zero-order valence-corrected chi connectivity index (χ0v) is 11.5. The van der Waals surface area contributed by atoms with Crippen LogP contribution >= 0.6 is 15.9 Å². The van der Waals surface area contributed by atoms with E-state index in [9.17, 15) is 4.39 Å². The van der Waals surface area contributed by atoms with Crippen molar-refractivity contribution in [3.8, 4) is 11.5 Å². The lowest BCUT2D eigenvalue weighted by molar-refractivity contribution is 0.477. The minimum atomic E-state index is -0.317. The Labute approximate surface area is 113 Å². The fraction of sp³-hybridized carbons (Fsp3) is 0.333. The van der Waals surface area contributed by atoms with Crippen LogP contribution in [0.1, 0.15) is 19.2 Å². The second-order valence-corrected chi connectivity index (χ2v) is 4.66. The third-order valence-electron chi connectivity index (χ3n) is 2.34. The van der Waals surface area contributed by atoms with Crippen molar-refractivity contribution < 1.29 is 8.81 Å². The lowest BCUT2D eigenvalue weighted by Crippen LogP contribution is -2.13. The van der Waals surface area contributed by atoms with Gasteiger partial charge in [-0.3, -0.25) is 0 Å². The largest absolute Gasteiger partial charge is 0.419 e. The minimum absolute atomic E-state index is 0.317. The molecular formula is C12H13BrFN3O. The highest BCUT2D eigenvalue weighted by Crippen LogP contribution is 2.24. The standard InChI is InChI=1S/C12H13BrFN3O/c1-2-5-15-7-11-16-17-12(18-11)8-3-4-10(14)9(13)6-8/h3-4,6,15H,2,5,7H2,1H3. The molecule has 1 N–H and O–H groups in total. The fourth-order valence-electron chi connectivity index (χ4n) is 1.44. The van der Waals surface area contributed by atoms with Gasteiger partial charge in [0.25, 0.3) is 0 Å². The van der Waals surface area contributed by atoms with E-state index in [1.54, 1.807) is 12.1 Å². The highest BCUT2D eigenvalue weighted by atomic mass is 79.9. The predicted molar refractivity (Wildman–Crippen MR) is 69.4 cm³/mol. The zero-order valence-electron chi connectivity index (χ0n) is 9.91. The van der Waals surface area contributed by atoms with E-state index in [1.165, 1.54) is 6.07 Å². The summed E-state index contributed by atoms with van der Waals surface area (Å²) >= 11 is 3.12. The summed E-state index contributed by atoms with van der Waals surface area (Å²) in [6.07, 6.45) is 1.05. The Morgan fingerprint density at radius 2 is 2.22 bits per heavy atom. The highest BCUT2D eigenvalue weighted by molar-refractivity contribution is 9.10. The van der Waals surface area contributed by atoms with Gasteiger partial charge in [-0.15, -0.1) is 10.2 Å². The quantitative estimate of drug-likeness (QED) is 0.862. The van der Waals surface area contributed by atoms with E-state index in [0.29, 0.717) is 28.4 Å². The molecule has 1 heterocycles. The molecule has 0 radical (unpaired) electrons. The molecule has 0 spiro atoms. The molecule has 18 heavy (non-hydrogen) atoms. The Morgan fingerprint density at radius 1 is 1.39 bits per heavy atom. The molecule has 0 unspecified atom stereocenters. The predicted octanol–water partition coefficient (Wildman–Crippen LogP) is 3.14. The SMILES string of the molecule is CCCNCc1nnc(-c2ccc(F)c(Br)c2)o1. The van der Waals surface area contributed by atoms with Crippen LogP contribution in [-0.2, 0) is 6.54 Å². The van der Waals surface area contributed by atoms with Gasteiger partial charge in [0, 0.05) is 5.56 Å². The molecule has 0 amide bonds. The van der Waals surface area contributed by atoms with Crippen molar-refractivity contribution in [2.24, 2.45) is 0 Å². The van der Waals surface area contributed by atoms with Crippen LogP contribution in [0.3, 0.4) is 0 Å². The molecule has 2 aromatic rings. The van der Waals surface area contributed by atoms with Gasteiger partial charge in [0.05, 0.1) is 11.0 Å². The number of aromatic nitrogens is 2. The fourth-order valence-corrected chi connectivity index (χ4v) is 1.82. The first-order valence-electron chi connectivity index (χ1n) is 5.69. The Hall–Kier alpha value is -1.27. The molecular weight excluding hydrogens is 301 g/mol. The average molecular weight is 314 g/mol. The molecule has 0 aliphatic rings. The number of halogens is 2. The van der Waals surface area contributed by atoms with Crippen LogP contribution in [0.25, 0.3) is 11.5 Å². The van der Waals surface area contributed by atoms with Gasteiger partial charge in [-0.2, -0.15) is 0 Å². The molecule has 2 rings (SSSR count). The first-order chi connectivity index (χ1) is 8.70. The summed E-state index contributed by atoms with van der Waals surface area (Å²) in [4.78, 5) is 0. The summed E-state index contributed by atoms with van der Waals surface area (Å²) < 4.78 is 19.0. The van der Waals surface area contributed by atoms with Crippen molar-refractivity contribution >= 4 is 15.9 Å². The second kappa shape index (κ2) is 6.06. The zero-order chi connectivity index (χ0) is 13.0. The lowest BCUT2D eigenvalue weighted by Gasteiger charge is -1.98. The van der Waals surface area contributed by atoms with Crippen molar-refractivity contribution in [1.29, 1.82) is 0 Å². The molecule has 0 aliphatic heterocycles. The normalized spacial score (nSPS) is 10.8. The lowest BCUT2D eigenvalue weighted by atomic mass is 10.2. The van der Waals surface area contributed by atoms with Crippen molar-refractivity contribution in [3.05, 3.63) is 34.4 Å². The third kappa shape index (κ3) is 3.14. The first-order valence-corrected chi connectivity index (χ1v) is 6.48. The van der Waals surface area contributed by atoms with E-state index in [1.807, 2.05) is 0 Å². The summed E-state index contributed by atoms with van der Waals surface area (Å²) in [5, 5.41) is 11.0. The van der Waals surface area contributed by atoms with Gasteiger partial charge in [0.2, 0.25) is 11.8 Å². The Kier molecular flexibility index (Phi) is 4.43. The molecule has 0 saturated heterocycles. The maximum Gasteiger partial charge on any atom is 0.247 e. The van der Waals surface area contributed by atoms with Crippen LogP contribution in [-0.4, -0.2) is 16.7 Å². The van der Waals surface area contributed by atoms with Gasteiger partial charge in [0.1, 0.15) is 5.82 Å². The minimum Gasteiger partial charge on any atom is -0.419 e. The van der Waals surface area contributed by atoms with Crippen molar-refractivity contribution in [2.45, 2.75) is 19.9 Å². The number of hydrogen-bond acceptors (Lipinski definition) is 4. The number of nitrogens with zero attached hydrogens (tertiary/aromatic N) is 2. The van der Waals surface area contributed by atoms with Crippen LogP contribution < -0.4 is 5.32 Å². The molecule has 96 valence electrons.